The van der Waals surface area contributed by atoms with Crippen LogP contribution in [0.2, 0.25) is 0 Å². The lowest BCUT2D eigenvalue weighted by Gasteiger charge is -1.98. The maximum absolute atomic E-state index is 10.7. The Balaban J connectivity index is 3.19. The molecular weight excluding hydrogens is 162 g/mol. The number of nitro groups is 1. The van der Waals surface area contributed by atoms with E-state index in [1.54, 1.807) is 6.92 Å². The Morgan fingerprint density at radius 1 is 1.50 bits per heavy atom. The van der Waals surface area contributed by atoms with Gasteiger partial charge in [-0.15, -0.1) is 0 Å². The smallest absolute Gasteiger partial charge is 0.305 e. The summed E-state index contributed by atoms with van der Waals surface area (Å²) in [6, 6.07) is 0. The minimum absolute atomic E-state index is 0.0700. The molecule has 0 aliphatic rings. The zero-order valence-electron chi connectivity index (χ0n) is 7.12. The molecule has 5 nitrogen and oxygen atoms in total. The van der Waals surface area contributed by atoms with E-state index in [2.05, 4.69) is 4.74 Å². The van der Waals surface area contributed by atoms with Crippen molar-refractivity contribution in [3.63, 3.8) is 0 Å². The Labute approximate surface area is 70.9 Å². The maximum Gasteiger partial charge on any atom is 0.305 e. The number of carbonyl (C=O) groups excluding carboxylic acids is 1. The van der Waals surface area contributed by atoms with Crippen LogP contribution in [0.4, 0.5) is 0 Å². The van der Waals surface area contributed by atoms with E-state index in [1.807, 2.05) is 0 Å². The molecule has 0 aliphatic heterocycles. The van der Waals surface area contributed by atoms with Crippen molar-refractivity contribution in [2.75, 3.05) is 13.2 Å². The number of hydrogen-bond donors (Lipinski definition) is 0. The summed E-state index contributed by atoms with van der Waals surface area (Å²) in [4.78, 5) is 20.2. The van der Waals surface area contributed by atoms with Gasteiger partial charge in [-0.25, -0.2) is 0 Å². The SMILES string of the molecule is CCOC(=O)CCCC[N+](=O)[O-]. The first-order chi connectivity index (χ1) is 5.66. The van der Waals surface area contributed by atoms with Gasteiger partial charge in [-0.2, -0.15) is 0 Å². The molecule has 0 rings (SSSR count). The van der Waals surface area contributed by atoms with Gasteiger partial charge in [-0.05, 0) is 13.3 Å². The van der Waals surface area contributed by atoms with Crippen molar-refractivity contribution in [2.45, 2.75) is 26.2 Å². The largest absolute Gasteiger partial charge is 0.466 e. The molecular formula is C7H13NO4. The van der Waals surface area contributed by atoms with Crippen LogP contribution in [0.3, 0.4) is 0 Å². The first kappa shape index (κ1) is 10.9. The summed E-state index contributed by atoms with van der Waals surface area (Å²) in [6.07, 6.45) is 1.24. The Bertz CT molecular complexity index is 157. The molecule has 0 amide bonds. The molecule has 0 unspecified atom stereocenters. The number of nitrogens with zero attached hydrogens (tertiary/aromatic N) is 1. The highest BCUT2D eigenvalue weighted by Crippen LogP contribution is 1.97. The molecule has 12 heavy (non-hydrogen) atoms. The highest BCUT2D eigenvalue weighted by Gasteiger charge is 2.02. The summed E-state index contributed by atoms with van der Waals surface area (Å²) in [5.74, 6) is -0.277. The van der Waals surface area contributed by atoms with Gasteiger partial charge in [-0.3, -0.25) is 14.9 Å². The van der Waals surface area contributed by atoms with Gasteiger partial charge in [0.2, 0.25) is 6.54 Å². The first-order valence-electron chi connectivity index (χ1n) is 3.94. The quantitative estimate of drug-likeness (QED) is 0.261. The zero-order chi connectivity index (χ0) is 9.40. The van der Waals surface area contributed by atoms with Crippen LogP contribution in [0.15, 0.2) is 0 Å². The van der Waals surface area contributed by atoms with Crippen molar-refractivity contribution in [2.24, 2.45) is 0 Å². The Morgan fingerprint density at radius 3 is 2.67 bits per heavy atom. The second kappa shape index (κ2) is 6.57. The van der Waals surface area contributed by atoms with Gasteiger partial charge < -0.3 is 4.74 Å². The Hall–Kier alpha value is -1.13. The Kier molecular flexibility index (Phi) is 5.95. The van der Waals surface area contributed by atoms with Crippen molar-refractivity contribution in [1.82, 2.24) is 0 Å². The summed E-state index contributed by atoms with van der Waals surface area (Å²) in [5, 5.41) is 9.86. The topological polar surface area (TPSA) is 69.4 Å². The van der Waals surface area contributed by atoms with E-state index >= 15 is 0 Å². The predicted octanol–water partition coefficient (Wildman–Crippen LogP) is 0.996. The zero-order valence-corrected chi connectivity index (χ0v) is 7.12. The minimum atomic E-state index is -0.384. The normalized spacial score (nSPS) is 9.42. The standard InChI is InChI=1S/C7H13NO4/c1-2-12-7(9)5-3-4-6-8(10)11/h2-6H2,1H3. The molecule has 70 valence electrons. The number of rotatable bonds is 6. The van der Waals surface area contributed by atoms with Crippen LogP contribution >= 0.6 is 0 Å². The van der Waals surface area contributed by atoms with Gasteiger partial charge in [0.1, 0.15) is 0 Å². The number of ether oxygens (including phenoxy) is 1. The summed E-state index contributed by atoms with van der Waals surface area (Å²) in [5.41, 5.74) is 0. The molecule has 0 aromatic carbocycles. The monoisotopic (exact) mass is 175 g/mol. The van der Waals surface area contributed by atoms with Gasteiger partial charge in [0.05, 0.1) is 6.61 Å². The average molecular weight is 175 g/mol. The molecule has 0 aromatic rings. The fraction of sp³-hybridized carbons (Fsp3) is 0.857. The second-order valence-electron chi connectivity index (χ2n) is 2.32. The fourth-order valence-corrected chi connectivity index (χ4v) is 0.743. The van der Waals surface area contributed by atoms with Gasteiger partial charge >= 0.3 is 5.97 Å². The lowest BCUT2D eigenvalue weighted by atomic mass is 10.2. The van der Waals surface area contributed by atoms with E-state index < -0.39 is 0 Å². The number of carbonyl (C=O) groups is 1. The third-order valence-electron chi connectivity index (χ3n) is 1.28. The third kappa shape index (κ3) is 6.98. The van der Waals surface area contributed by atoms with E-state index in [4.69, 9.17) is 0 Å². The Morgan fingerprint density at radius 2 is 2.17 bits per heavy atom. The highest BCUT2D eigenvalue weighted by atomic mass is 16.6. The lowest BCUT2D eigenvalue weighted by Crippen LogP contribution is -2.05. The van der Waals surface area contributed by atoms with Crippen LogP contribution in [0, 0.1) is 10.1 Å². The van der Waals surface area contributed by atoms with Crippen LogP contribution in [0.1, 0.15) is 26.2 Å². The molecule has 0 N–H and O–H groups in total. The predicted molar refractivity (Wildman–Crippen MR) is 42.3 cm³/mol. The van der Waals surface area contributed by atoms with Crippen molar-refractivity contribution in [3.05, 3.63) is 10.1 Å². The first-order valence-corrected chi connectivity index (χ1v) is 3.94. The van der Waals surface area contributed by atoms with Crippen LogP contribution in [0.5, 0.6) is 0 Å². The van der Waals surface area contributed by atoms with Crippen LogP contribution < -0.4 is 0 Å². The fourth-order valence-electron chi connectivity index (χ4n) is 0.743. The molecule has 0 saturated carbocycles. The third-order valence-corrected chi connectivity index (χ3v) is 1.28. The van der Waals surface area contributed by atoms with Gasteiger partial charge in [-0.1, -0.05) is 0 Å². The van der Waals surface area contributed by atoms with Gasteiger partial charge in [0.25, 0.3) is 0 Å². The van der Waals surface area contributed by atoms with E-state index in [0.29, 0.717) is 19.4 Å². The number of esters is 1. The average Bonchev–Trinajstić information content (AvgIpc) is 1.98. The molecule has 0 atom stereocenters. The van der Waals surface area contributed by atoms with Crippen molar-refractivity contribution in [1.29, 1.82) is 0 Å². The summed E-state index contributed by atoms with van der Waals surface area (Å²) in [7, 11) is 0. The highest BCUT2D eigenvalue weighted by molar-refractivity contribution is 5.69. The van der Waals surface area contributed by atoms with E-state index in [0.717, 1.165) is 0 Å². The molecule has 0 radical (unpaired) electrons. The van der Waals surface area contributed by atoms with Gasteiger partial charge in [0, 0.05) is 17.8 Å². The lowest BCUT2D eigenvalue weighted by molar-refractivity contribution is -0.480. The second-order valence-corrected chi connectivity index (χ2v) is 2.32. The maximum atomic E-state index is 10.7. The van der Waals surface area contributed by atoms with E-state index in [-0.39, 0.29) is 23.9 Å². The van der Waals surface area contributed by atoms with Crippen molar-refractivity contribution >= 4 is 5.97 Å². The van der Waals surface area contributed by atoms with Crippen LogP contribution in [-0.2, 0) is 9.53 Å². The molecule has 0 heterocycles. The minimum Gasteiger partial charge on any atom is -0.466 e. The van der Waals surface area contributed by atoms with Crippen LogP contribution in [0.25, 0.3) is 0 Å². The molecule has 0 saturated heterocycles. The molecule has 5 heteroatoms. The van der Waals surface area contributed by atoms with Crippen molar-refractivity contribution < 1.29 is 14.5 Å². The van der Waals surface area contributed by atoms with E-state index in [1.165, 1.54) is 0 Å². The summed E-state index contributed by atoms with van der Waals surface area (Å²) < 4.78 is 4.64. The summed E-state index contributed by atoms with van der Waals surface area (Å²) in [6.45, 7) is 2.03. The van der Waals surface area contributed by atoms with E-state index in [9.17, 15) is 14.9 Å². The van der Waals surface area contributed by atoms with Gasteiger partial charge in [0.15, 0.2) is 0 Å². The molecule has 0 spiro atoms. The number of unbranched alkanes of at least 4 members (excludes halogenated alkanes) is 1. The molecule has 0 aliphatic carbocycles. The summed E-state index contributed by atoms with van der Waals surface area (Å²) >= 11 is 0. The van der Waals surface area contributed by atoms with Crippen LogP contribution in [-0.4, -0.2) is 24.0 Å². The molecule has 0 bridgehead atoms. The van der Waals surface area contributed by atoms with Crippen molar-refractivity contribution in [3.8, 4) is 0 Å². The number of hydrogen-bond acceptors (Lipinski definition) is 4. The molecule has 0 aromatic heterocycles. The molecule has 0 fully saturated rings.